The number of hydrogen-bond donors (Lipinski definition) is 1. The molecule has 4 nitrogen and oxygen atoms in total. The molecule has 2 heterocycles. The van der Waals surface area contributed by atoms with E-state index < -0.39 is 0 Å². The van der Waals surface area contributed by atoms with Crippen LogP contribution in [0.1, 0.15) is 12.8 Å². The minimum atomic E-state index is 0.233. The van der Waals surface area contributed by atoms with Crippen LogP contribution < -0.4 is 4.90 Å². The van der Waals surface area contributed by atoms with Gasteiger partial charge < -0.3 is 10.0 Å². The maximum absolute atomic E-state index is 9.12. The molecule has 1 atom stereocenters. The van der Waals surface area contributed by atoms with Crippen molar-refractivity contribution >= 4 is 17.5 Å². The maximum atomic E-state index is 9.12. The summed E-state index contributed by atoms with van der Waals surface area (Å²) in [5.41, 5.74) is 0. The van der Waals surface area contributed by atoms with Gasteiger partial charge in [-0.2, -0.15) is 0 Å². The third kappa shape index (κ3) is 2.58. The second kappa shape index (κ2) is 4.77. The Balaban J connectivity index is 2.09. The fourth-order valence-electron chi connectivity index (χ4n) is 1.88. The van der Waals surface area contributed by atoms with E-state index in [1.807, 2.05) is 0 Å². The summed E-state index contributed by atoms with van der Waals surface area (Å²) in [5.74, 6) is 1.00. The number of anilines is 1. The lowest BCUT2D eigenvalue weighted by atomic mass is 9.99. The Morgan fingerprint density at radius 3 is 3.20 bits per heavy atom. The lowest BCUT2D eigenvalue weighted by molar-refractivity contribution is 0.208. The predicted molar refractivity (Wildman–Crippen MR) is 59.1 cm³/mol. The first-order valence-electron chi connectivity index (χ1n) is 5.14. The molecule has 1 saturated heterocycles. The first kappa shape index (κ1) is 10.6. The van der Waals surface area contributed by atoms with Gasteiger partial charge in [-0.3, -0.25) is 0 Å². The molecule has 1 aliphatic rings. The normalized spacial score (nSPS) is 21.7. The molecule has 0 aliphatic carbocycles. The number of aromatic nitrogens is 2. The van der Waals surface area contributed by atoms with Crippen LogP contribution in [-0.4, -0.2) is 34.8 Å². The Kier molecular flexibility index (Phi) is 3.38. The smallest absolute Gasteiger partial charge is 0.226 e. The summed E-state index contributed by atoms with van der Waals surface area (Å²) < 4.78 is 0. The largest absolute Gasteiger partial charge is 0.396 e. The molecule has 82 valence electrons. The molecular formula is C10H14ClN3O. The van der Waals surface area contributed by atoms with E-state index >= 15 is 0 Å². The fourth-order valence-corrected chi connectivity index (χ4v) is 2.01. The van der Waals surface area contributed by atoms with Crippen molar-refractivity contribution < 1.29 is 5.11 Å². The SMILES string of the molecule is OC[C@@H]1CCCN(c2nccc(Cl)n2)C1. The van der Waals surface area contributed by atoms with Crippen molar-refractivity contribution in [3.63, 3.8) is 0 Å². The zero-order chi connectivity index (χ0) is 10.7. The van der Waals surface area contributed by atoms with Gasteiger partial charge in [-0.05, 0) is 24.8 Å². The number of aliphatic hydroxyl groups is 1. The molecule has 15 heavy (non-hydrogen) atoms. The highest BCUT2D eigenvalue weighted by molar-refractivity contribution is 6.29. The number of halogens is 1. The van der Waals surface area contributed by atoms with Crippen molar-refractivity contribution in [1.82, 2.24) is 9.97 Å². The van der Waals surface area contributed by atoms with Crippen LogP contribution in [0.15, 0.2) is 12.3 Å². The van der Waals surface area contributed by atoms with Crippen molar-refractivity contribution in [2.45, 2.75) is 12.8 Å². The van der Waals surface area contributed by atoms with Crippen LogP contribution in [0.3, 0.4) is 0 Å². The van der Waals surface area contributed by atoms with Gasteiger partial charge in [0, 0.05) is 25.9 Å². The molecular weight excluding hydrogens is 214 g/mol. The molecule has 1 fully saturated rings. The van der Waals surface area contributed by atoms with Crippen molar-refractivity contribution in [1.29, 1.82) is 0 Å². The Morgan fingerprint density at radius 2 is 2.47 bits per heavy atom. The lowest BCUT2D eigenvalue weighted by Gasteiger charge is -2.31. The van der Waals surface area contributed by atoms with E-state index in [1.165, 1.54) is 0 Å². The quantitative estimate of drug-likeness (QED) is 0.775. The highest BCUT2D eigenvalue weighted by atomic mass is 35.5. The van der Waals surface area contributed by atoms with Crippen LogP contribution in [0, 0.1) is 5.92 Å². The zero-order valence-corrected chi connectivity index (χ0v) is 9.19. The average Bonchev–Trinajstić information content (AvgIpc) is 2.29. The van der Waals surface area contributed by atoms with E-state index in [0.29, 0.717) is 17.0 Å². The molecule has 1 aromatic heterocycles. The molecule has 1 N–H and O–H groups in total. The molecule has 0 bridgehead atoms. The van der Waals surface area contributed by atoms with Gasteiger partial charge in [0.05, 0.1) is 0 Å². The molecule has 0 saturated carbocycles. The second-order valence-electron chi connectivity index (χ2n) is 3.82. The lowest BCUT2D eigenvalue weighted by Crippen LogP contribution is -2.37. The topological polar surface area (TPSA) is 49.2 Å². The summed E-state index contributed by atoms with van der Waals surface area (Å²) in [6.45, 7) is 1.99. The maximum Gasteiger partial charge on any atom is 0.226 e. The van der Waals surface area contributed by atoms with E-state index in [1.54, 1.807) is 12.3 Å². The van der Waals surface area contributed by atoms with Gasteiger partial charge in [0.15, 0.2) is 0 Å². The molecule has 0 spiro atoms. The van der Waals surface area contributed by atoms with Gasteiger partial charge >= 0.3 is 0 Å². The second-order valence-corrected chi connectivity index (χ2v) is 4.20. The third-order valence-corrected chi connectivity index (χ3v) is 2.88. The zero-order valence-electron chi connectivity index (χ0n) is 8.43. The average molecular weight is 228 g/mol. The first-order valence-corrected chi connectivity index (χ1v) is 5.52. The van der Waals surface area contributed by atoms with Gasteiger partial charge in [-0.1, -0.05) is 11.6 Å². The number of aliphatic hydroxyl groups excluding tert-OH is 1. The standard InChI is InChI=1S/C10H14ClN3O/c11-9-3-4-12-10(13-9)14-5-1-2-8(6-14)7-15/h3-4,8,15H,1-2,5-7H2/t8-/m1/s1. The number of hydrogen-bond acceptors (Lipinski definition) is 4. The van der Waals surface area contributed by atoms with Crippen LogP contribution in [-0.2, 0) is 0 Å². The van der Waals surface area contributed by atoms with Crippen molar-refractivity contribution in [3.05, 3.63) is 17.4 Å². The van der Waals surface area contributed by atoms with Gasteiger partial charge in [0.1, 0.15) is 5.15 Å². The van der Waals surface area contributed by atoms with Gasteiger partial charge in [0.25, 0.3) is 0 Å². The van der Waals surface area contributed by atoms with Gasteiger partial charge in [-0.25, -0.2) is 9.97 Å². The monoisotopic (exact) mass is 227 g/mol. The van der Waals surface area contributed by atoms with Crippen LogP contribution >= 0.6 is 11.6 Å². The van der Waals surface area contributed by atoms with E-state index in [4.69, 9.17) is 16.7 Å². The van der Waals surface area contributed by atoms with E-state index in [-0.39, 0.29) is 6.61 Å². The number of rotatable bonds is 2. The number of nitrogens with zero attached hydrogens (tertiary/aromatic N) is 3. The Morgan fingerprint density at radius 1 is 1.60 bits per heavy atom. The molecule has 5 heteroatoms. The molecule has 0 amide bonds. The summed E-state index contributed by atoms with van der Waals surface area (Å²) in [6, 6.07) is 1.67. The third-order valence-electron chi connectivity index (χ3n) is 2.67. The highest BCUT2D eigenvalue weighted by Crippen LogP contribution is 2.20. The van der Waals surface area contributed by atoms with Crippen LogP contribution in [0.4, 0.5) is 5.95 Å². The van der Waals surface area contributed by atoms with Gasteiger partial charge in [-0.15, -0.1) is 0 Å². The summed E-state index contributed by atoms with van der Waals surface area (Å²) in [6.07, 6.45) is 3.81. The van der Waals surface area contributed by atoms with Gasteiger partial charge in [0.2, 0.25) is 5.95 Å². The molecule has 0 unspecified atom stereocenters. The first-order chi connectivity index (χ1) is 7.29. The summed E-state index contributed by atoms with van der Waals surface area (Å²) in [4.78, 5) is 10.4. The molecule has 1 aromatic rings. The van der Waals surface area contributed by atoms with Crippen molar-refractivity contribution in [2.24, 2.45) is 5.92 Å². The molecule has 2 rings (SSSR count). The van der Waals surface area contributed by atoms with Crippen molar-refractivity contribution in [2.75, 3.05) is 24.6 Å². The van der Waals surface area contributed by atoms with E-state index in [0.717, 1.165) is 25.9 Å². The summed E-state index contributed by atoms with van der Waals surface area (Å²) in [7, 11) is 0. The molecule has 0 aromatic carbocycles. The Bertz CT molecular complexity index is 334. The van der Waals surface area contributed by atoms with Crippen LogP contribution in [0.5, 0.6) is 0 Å². The van der Waals surface area contributed by atoms with Crippen molar-refractivity contribution in [3.8, 4) is 0 Å². The fraction of sp³-hybridized carbons (Fsp3) is 0.600. The summed E-state index contributed by atoms with van der Waals surface area (Å²) in [5, 5.41) is 9.58. The Labute approximate surface area is 93.9 Å². The van der Waals surface area contributed by atoms with Crippen LogP contribution in [0.25, 0.3) is 0 Å². The Hall–Kier alpha value is -0.870. The summed E-state index contributed by atoms with van der Waals surface area (Å²) >= 11 is 5.81. The van der Waals surface area contributed by atoms with Crippen LogP contribution in [0.2, 0.25) is 5.15 Å². The molecule has 0 radical (unpaired) electrons. The van der Waals surface area contributed by atoms with E-state index in [9.17, 15) is 0 Å². The number of piperidine rings is 1. The van der Waals surface area contributed by atoms with E-state index in [2.05, 4.69) is 14.9 Å². The highest BCUT2D eigenvalue weighted by Gasteiger charge is 2.20. The molecule has 1 aliphatic heterocycles. The predicted octanol–water partition coefficient (Wildman–Crippen LogP) is 1.34. The minimum Gasteiger partial charge on any atom is -0.396 e. The minimum absolute atomic E-state index is 0.233.